The van der Waals surface area contributed by atoms with E-state index in [0.717, 1.165) is 13.1 Å². The lowest BCUT2D eigenvalue weighted by molar-refractivity contribution is -0.130. The predicted molar refractivity (Wildman–Crippen MR) is 88.7 cm³/mol. The average Bonchev–Trinajstić information content (AvgIpc) is 2.91. The van der Waals surface area contributed by atoms with Crippen molar-refractivity contribution in [3.63, 3.8) is 0 Å². The molecule has 1 aromatic rings. The fraction of sp³-hybridized carbons (Fsp3) is 0.611. The molecule has 0 saturated carbocycles. The van der Waals surface area contributed by atoms with E-state index in [4.69, 9.17) is 0 Å². The van der Waals surface area contributed by atoms with Crippen LogP contribution >= 0.6 is 11.8 Å². The maximum absolute atomic E-state index is 12.4. The third-order valence-electron chi connectivity index (χ3n) is 4.65. The van der Waals surface area contributed by atoms with Crippen molar-refractivity contribution in [2.45, 2.75) is 44.4 Å². The highest BCUT2D eigenvalue weighted by Crippen LogP contribution is 2.28. The molecule has 1 aliphatic carbocycles. The molecule has 3 heteroatoms. The van der Waals surface area contributed by atoms with Gasteiger partial charge in [-0.2, -0.15) is 0 Å². The van der Waals surface area contributed by atoms with Crippen LogP contribution in [0.15, 0.2) is 23.1 Å². The van der Waals surface area contributed by atoms with Crippen LogP contribution in [-0.2, 0) is 17.6 Å². The summed E-state index contributed by atoms with van der Waals surface area (Å²) in [4.78, 5) is 15.7. The van der Waals surface area contributed by atoms with Gasteiger partial charge in [0.15, 0.2) is 0 Å². The van der Waals surface area contributed by atoms with E-state index in [2.05, 4.69) is 36.9 Å². The zero-order valence-corrected chi connectivity index (χ0v) is 13.9. The van der Waals surface area contributed by atoms with E-state index in [1.807, 2.05) is 0 Å². The minimum Gasteiger partial charge on any atom is -0.341 e. The zero-order valence-electron chi connectivity index (χ0n) is 13.1. The van der Waals surface area contributed by atoms with E-state index in [9.17, 15) is 4.79 Å². The van der Waals surface area contributed by atoms with Gasteiger partial charge in [-0.05, 0) is 60.8 Å². The molecule has 21 heavy (non-hydrogen) atoms. The van der Waals surface area contributed by atoms with Gasteiger partial charge in [0, 0.05) is 18.0 Å². The standard InChI is InChI=1S/C18H25NOS/c1-13-8-14(2)11-19(10-13)18(20)12-21-17-7-6-15-4-3-5-16(15)9-17/h6-7,9,13-14H,3-5,8,10-12H2,1-2H3. The summed E-state index contributed by atoms with van der Waals surface area (Å²) >= 11 is 1.70. The van der Waals surface area contributed by atoms with E-state index in [1.165, 1.54) is 41.7 Å². The molecule has 2 atom stereocenters. The second-order valence-corrected chi connectivity index (χ2v) is 7.87. The van der Waals surface area contributed by atoms with E-state index < -0.39 is 0 Å². The topological polar surface area (TPSA) is 20.3 Å². The van der Waals surface area contributed by atoms with Crippen LogP contribution in [0.3, 0.4) is 0 Å². The number of benzene rings is 1. The summed E-state index contributed by atoms with van der Waals surface area (Å²) in [6.45, 7) is 6.38. The number of hydrogen-bond acceptors (Lipinski definition) is 2. The minimum atomic E-state index is 0.305. The number of hydrogen-bond donors (Lipinski definition) is 0. The third-order valence-corrected chi connectivity index (χ3v) is 5.63. The molecule has 2 aliphatic rings. The normalized spacial score (nSPS) is 25.0. The summed E-state index contributed by atoms with van der Waals surface area (Å²) in [6, 6.07) is 6.73. The maximum Gasteiger partial charge on any atom is 0.232 e. The SMILES string of the molecule is CC1CC(C)CN(C(=O)CSc2ccc3c(c2)CCC3)C1. The molecule has 1 aromatic carbocycles. The zero-order chi connectivity index (χ0) is 14.8. The van der Waals surface area contributed by atoms with Crippen LogP contribution in [0.2, 0.25) is 0 Å². The summed E-state index contributed by atoms with van der Waals surface area (Å²) in [6.07, 6.45) is 4.97. The van der Waals surface area contributed by atoms with Gasteiger partial charge in [0.2, 0.25) is 5.91 Å². The van der Waals surface area contributed by atoms with Gasteiger partial charge in [0.05, 0.1) is 5.75 Å². The first kappa shape index (κ1) is 15.0. The van der Waals surface area contributed by atoms with Crippen LogP contribution in [-0.4, -0.2) is 29.6 Å². The third kappa shape index (κ3) is 3.63. The van der Waals surface area contributed by atoms with E-state index >= 15 is 0 Å². The Labute approximate surface area is 132 Å². The molecule has 2 nitrogen and oxygen atoms in total. The van der Waals surface area contributed by atoms with Gasteiger partial charge in [0.1, 0.15) is 0 Å². The molecular weight excluding hydrogens is 278 g/mol. The van der Waals surface area contributed by atoms with Crippen LogP contribution in [0.4, 0.5) is 0 Å². The van der Waals surface area contributed by atoms with Crippen molar-refractivity contribution in [1.82, 2.24) is 4.90 Å². The Kier molecular flexibility index (Phi) is 4.58. The molecule has 0 N–H and O–H groups in total. The molecule has 0 radical (unpaired) electrons. The number of rotatable bonds is 3. The van der Waals surface area contributed by atoms with Gasteiger partial charge in [-0.25, -0.2) is 0 Å². The highest BCUT2D eigenvalue weighted by Gasteiger charge is 2.25. The minimum absolute atomic E-state index is 0.305. The fourth-order valence-corrected chi connectivity index (χ4v) is 4.60. The van der Waals surface area contributed by atoms with Gasteiger partial charge in [-0.15, -0.1) is 11.8 Å². The van der Waals surface area contributed by atoms with Crippen LogP contribution < -0.4 is 0 Å². The van der Waals surface area contributed by atoms with Crippen molar-refractivity contribution in [3.05, 3.63) is 29.3 Å². The molecule has 0 aromatic heterocycles. The number of nitrogens with zero attached hydrogens (tertiary/aromatic N) is 1. The molecule has 1 saturated heterocycles. The van der Waals surface area contributed by atoms with Crippen molar-refractivity contribution in [2.24, 2.45) is 11.8 Å². The second kappa shape index (κ2) is 6.43. The number of aryl methyl sites for hydroxylation is 2. The predicted octanol–water partition coefficient (Wildman–Crippen LogP) is 3.77. The molecule has 0 bridgehead atoms. The van der Waals surface area contributed by atoms with Crippen molar-refractivity contribution in [2.75, 3.05) is 18.8 Å². The molecule has 3 rings (SSSR count). The van der Waals surface area contributed by atoms with Crippen LogP contribution in [0, 0.1) is 11.8 Å². The Balaban J connectivity index is 1.56. The van der Waals surface area contributed by atoms with Gasteiger partial charge in [-0.1, -0.05) is 19.9 Å². The second-order valence-electron chi connectivity index (χ2n) is 6.82. The number of amides is 1. The summed E-state index contributed by atoms with van der Waals surface area (Å²) < 4.78 is 0. The first-order valence-electron chi connectivity index (χ1n) is 8.14. The van der Waals surface area contributed by atoms with Gasteiger partial charge >= 0.3 is 0 Å². The number of likely N-dealkylation sites (tertiary alicyclic amines) is 1. The maximum atomic E-state index is 12.4. The smallest absolute Gasteiger partial charge is 0.232 e. The highest BCUT2D eigenvalue weighted by atomic mass is 32.2. The largest absolute Gasteiger partial charge is 0.341 e. The van der Waals surface area contributed by atoms with Gasteiger partial charge < -0.3 is 4.90 Å². The van der Waals surface area contributed by atoms with E-state index in [1.54, 1.807) is 11.8 Å². The first-order valence-corrected chi connectivity index (χ1v) is 9.12. The Bertz CT molecular complexity index is 518. The van der Waals surface area contributed by atoms with E-state index in [0.29, 0.717) is 23.5 Å². The number of thioether (sulfide) groups is 1. The highest BCUT2D eigenvalue weighted by molar-refractivity contribution is 8.00. The molecule has 1 fully saturated rings. The molecule has 2 unspecified atom stereocenters. The first-order chi connectivity index (χ1) is 10.1. The number of carbonyl (C=O) groups excluding carboxylic acids is 1. The lowest BCUT2D eigenvalue weighted by Crippen LogP contribution is -2.43. The molecular formula is C18H25NOS. The number of fused-ring (bicyclic) bond motifs is 1. The number of carbonyl (C=O) groups is 1. The summed E-state index contributed by atoms with van der Waals surface area (Å²) in [5, 5.41) is 0. The van der Waals surface area contributed by atoms with Crippen LogP contribution in [0.25, 0.3) is 0 Å². The Morgan fingerprint density at radius 1 is 1.19 bits per heavy atom. The average molecular weight is 303 g/mol. The van der Waals surface area contributed by atoms with Crippen molar-refractivity contribution in [3.8, 4) is 0 Å². The van der Waals surface area contributed by atoms with Crippen molar-refractivity contribution < 1.29 is 4.79 Å². The molecule has 1 heterocycles. The summed E-state index contributed by atoms with van der Waals surface area (Å²) in [5.41, 5.74) is 3.00. The Morgan fingerprint density at radius 2 is 1.90 bits per heavy atom. The van der Waals surface area contributed by atoms with Gasteiger partial charge in [0.25, 0.3) is 0 Å². The quantitative estimate of drug-likeness (QED) is 0.792. The fourth-order valence-electron chi connectivity index (χ4n) is 3.74. The molecule has 1 amide bonds. The lowest BCUT2D eigenvalue weighted by atomic mass is 9.92. The van der Waals surface area contributed by atoms with Crippen LogP contribution in [0.1, 0.15) is 37.8 Å². The monoisotopic (exact) mass is 303 g/mol. The summed E-state index contributed by atoms with van der Waals surface area (Å²) in [7, 11) is 0. The van der Waals surface area contributed by atoms with Crippen molar-refractivity contribution >= 4 is 17.7 Å². The van der Waals surface area contributed by atoms with Crippen LogP contribution in [0.5, 0.6) is 0 Å². The van der Waals surface area contributed by atoms with Crippen molar-refractivity contribution in [1.29, 1.82) is 0 Å². The Hall–Kier alpha value is -0.960. The number of piperidine rings is 1. The van der Waals surface area contributed by atoms with E-state index in [-0.39, 0.29) is 0 Å². The van der Waals surface area contributed by atoms with Gasteiger partial charge in [-0.3, -0.25) is 4.79 Å². The summed E-state index contributed by atoms with van der Waals surface area (Å²) in [5.74, 6) is 2.17. The lowest BCUT2D eigenvalue weighted by Gasteiger charge is -2.35. The molecule has 1 aliphatic heterocycles. The Morgan fingerprint density at radius 3 is 2.67 bits per heavy atom. The molecule has 0 spiro atoms. The molecule has 114 valence electrons.